The third kappa shape index (κ3) is 2.61. The van der Waals surface area contributed by atoms with E-state index in [0.717, 1.165) is 17.5 Å². The number of fused-ring (bicyclic) bond motifs is 1. The zero-order chi connectivity index (χ0) is 12.3. The maximum Gasteiger partial charge on any atom is 0.313 e. The quantitative estimate of drug-likeness (QED) is 0.453. The molecule has 3 heteroatoms. The monoisotopic (exact) mass is 230 g/mol. The standard InChI is InChI=1S/C14H14O3/c1-2-17-14(16)9-13(15)12-7-6-10-4-3-5-11(10)8-12/h3-4,6-8H,2,5,9H2,1H3. The Balaban J connectivity index is 2.08. The molecule has 1 aromatic rings. The van der Waals surface area contributed by atoms with Gasteiger partial charge >= 0.3 is 5.97 Å². The molecule has 0 unspecified atom stereocenters. The molecule has 0 radical (unpaired) electrons. The number of rotatable bonds is 4. The molecular formula is C14H14O3. The average molecular weight is 230 g/mol. The van der Waals surface area contributed by atoms with Gasteiger partial charge in [-0.25, -0.2) is 0 Å². The Labute approximate surface area is 100 Å². The van der Waals surface area contributed by atoms with E-state index in [2.05, 4.69) is 6.08 Å². The van der Waals surface area contributed by atoms with Crippen LogP contribution in [0.25, 0.3) is 6.08 Å². The van der Waals surface area contributed by atoms with Gasteiger partial charge in [0.25, 0.3) is 0 Å². The Bertz CT molecular complexity index is 486. The summed E-state index contributed by atoms with van der Waals surface area (Å²) in [6.45, 7) is 2.03. The van der Waals surface area contributed by atoms with E-state index in [9.17, 15) is 9.59 Å². The van der Waals surface area contributed by atoms with Crippen LogP contribution in [0.5, 0.6) is 0 Å². The van der Waals surface area contributed by atoms with Crippen LogP contribution < -0.4 is 0 Å². The van der Waals surface area contributed by atoms with E-state index in [1.807, 2.05) is 18.2 Å². The summed E-state index contributed by atoms with van der Waals surface area (Å²) in [5.41, 5.74) is 2.87. The van der Waals surface area contributed by atoms with Crippen LogP contribution in [-0.4, -0.2) is 18.4 Å². The first-order chi connectivity index (χ1) is 8.20. The molecule has 0 saturated heterocycles. The molecule has 0 spiro atoms. The molecule has 0 fully saturated rings. The van der Waals surface area contributed by atoms with Crippen molar-refractivity contribution in [2.24, 2.45) is 0 Å². The van der Waals surface area contributed by atoms with E-state index in [1.54, 1.807) is 13.0 Å². The molecule has 1 aliphatic carbocycles. The maximum absolute atomic E-state index is 11.8. The molecule has 2 rings (SSSR count). The zero-order valence-electron chi connectivity index (χ0n) is 9.73. The van der Waals surface area contributed by atoms with Crippen molar-refractivity contribution in [2.45, 2.75) is 19.8 Å². The van der Waals surface area contributed by atoms with Crippen molar-refractivity contribution in [1.82, 2.24) is 0 Å². The second-order valence-corrected chi connectivity index (χ2v) is 3.93. The Hall–Kier alpha value is -1.90. The number of Topliss-reactive ketones (excluding diaryl/α,β-unsaturated/α-hetero) is 1. The van der Waals surface area contributed by atoms with Crippen molar-refractivity contribution in [1.29, 1.82) is 0 Å². The number of hydrogen-bond donors (Lipinski definition) is 0. The predicted molar refractivity (Wildman–Crippen MR) is 64.8 cm³/mol. The maximum atomic E-state index is 11.8. The molecule has 0 aliphatic heterocycles. The number of allylic oxidation sites excluding steroid dienone is 1. The highest BCUT2D eigenvalue weighted by Gasteiger charge is 2.14. The van der Waals surface area contributed by atoms with Crippen molar-refractivity contribution in [3.05, 3.63) is 41.0 Å². The summed E-state index contributed by atoms with van der Waals surface area (Å²) in [4.78, 5) is 23.0. The summed E-state index contributed by atoms with van der Waals surface area (Å²) in [5, 5.41) is 0. The average Bonchev–Trinajstić information content (AvgIpc) is 2.75. The molecule has 0 bridgehead atoms. The van der Waals surface area contributed by atoms with E-state index >= 15 is 0 Å². The molecule has 0 saturated carbocycles. The molecule has 0 N–H and O–H groups in total. The number of benzene rings is 1. The summed E-state index contributed by atoms with van der Waals surface area (Å²) in [7, 11) is 0. The molecule has 88 valence electrons. The summed E-state index contributed by atoms with van der Waals surface area (Å²) < 4.78 is 4.75. The van der Waals surface area contributed by atoms with Gasteiger partial charge in [-0.15, -0.1) is 0 Å². The minimum atomic E-state index is -0.462. The van der Waals surface area contributed by atoms with Crippen molar-refractivity contribution in [2.75, 3.05) is 6.61 Å². The Morgan fingerprint density at radius 2 is 2.18 bits per heavy atom. The number of ketones is 1. The molecule has 1 aromatic carbocycles. The molecule has 3 nitrogen and oxygen atoms in total. The molecular weight excluding hydrogens is 216 g/mol. The zero-order valence-corrected chi connectivity index (χ0v) is 9.73. The van der Waals surface area contributed by atoms with Gasteiger partial charge in [-0.1, -0.05) is 24.3 Å². The Morgan fingerprint density at radius 3 is 2.94 bits per heavy atom. The minimum Gasteiger partial charge on any atom is -0.466 e. The molecule has 17 heavy (non-hydrogen) atoms. The topological polar surface area (TPSA) is 43.4 Å². The first kappa shape index (κ1) is 11.6. The second-order valence-electron chi connectivity index (χ2n) is 3.93. The van der Waals surface area contributed by atoms with Crippen LogP contribution in [-0.2, 0) is 16.0 Å². The third-order valence-corrected chi connectivity index (χ3v) is 2.71. The van der Waals surface area contributed by atoms with Gasteiger partial charge in [-0.2, -0.15) is 0 Å². The van der Waals surface area contributed by atoms with Crippen LogP contribution in [0, 0.1) is 0 Å². The van der Waals surface area contributed by atoms with Gasteiger partial charge in [0.1, 0.15) is 6.42 Å². The van der Waals surface area contributed by atoms with Crippen LogP contribution in [0.3, 0.4) is 0 Å². The van der Waals surface area contributed by atoms with Gasteiger partial charge in [-0.05, 0) is 30.5 Å². The predicted octanol–water partition coefficient (Wildman–Crippen LogP) is 2.39. The lowest BCUT2D eigenvalue weighted by molar-refractivity contribution is -0.141. The lowest BCUT2D eigenvalue weighted by atomic mass is 10.0. The normalized spacial score (nSPS) is 12.3. The Kier molecular flexibility index (Phi) is 3.38. The highest BCUT2D eigenvalue weighted by molar-refractivity contribution is 6.06. The summed E-state index contributed by atoms with van der Waals surface area (Å²) in [6, 6.07) is 5.53. The number of ether oxygens (including phenoxy) is 1. The Morgan fingerprint density at radius 1 is 1.35 bits per heavy atom. The van der Waals surface area contributed by atoms with Crippen LogP contribution in [0.15, 0.2) is 24.3 Å². The highest BCUT2D eigenvalue weighted by atomic mass is 16.5. The third-order valence-electron chi connectivity index (χ3n) is 2.71. The van der Waals surface area contributed by atoms with Crippen molar-refractivity contribution < 1.29 is 14.3 Å². The number of carbonyl (C=O) groups excluding carboxylic acids is 2. The fourth-order valence-electron chi connectivity index (χ4n) is 1.88. The lowest BCUT2D eigenvalue weighted by Gasteiger charge is -2.04. The van der Waals surface area contributed by atoms with E-state index in [0.29, 0.717) is 12.2 Å². The first-order valence-corrected chi connectivity index (χ1v) is 5.69. The molecule has 0 atom stereocenters. The molecule has 0 heterocycles. The second kappa shape index (κ2) is 4.95. The van der Waals surface area contributed by atoms with Crippen molar-refractivity contribution in [3.63, 3.8) is 0 Å². The van der Waals surface area contributed by atoms with Crippen LogP contribution in [0.1, 0.15) is 34.8 Å². The molecule has 0 aromatic heterocycles. The summed E-state index contributed by atoms with van der Waals surface area (Å²) in [5.74, 6) is -0.644. The lowest BCUT2D eigenvalue weighted by Crippen LogP contribution is -2.11. The minimum absolute atomic E-state index is 0.181. The van der Waals surface area contributed by atoms with Gasteiger partial charge in [0.15, 0.2) is 5.78 Å². The summed E-state index contributed by atoms with van der Waals surface area (Å²) >= 11 is 0. The largest absolute Gasteiger partial charge is 0.466 e. The van der Waals surface area contributed by atoms with E-state index in [1.165, 1.54) is 0 Å². The van der Waals surface area contributed by atoms with E-state index in [4.69, 9.17) is 4.74 Å². The fraction of sp³-hybridized carbons (Fsp3) is 0.286. The molecule has 0 amide bonds. The van der Waals surface area contributed by atoms with Gasteiger partial charge in [0.05, 0.1) is 6.61 Å². The summed E-state index contributed by atoms with van der Waals surface area (Å²) in [6.07, 6.45) is 4.77. The van der Waals surface area contributed by atoms with E-state index in [-0.39, 0.29) is 12.2 Å². The van der Waals surface area contributed by atoms with Gasteiger partial charge in [-0.3, -0.25) is 9.59 Å². The van der Waals surface area contributed by atoms with Crippen LogP contribution in [0.2, 0.25) is 0 Å². The van der Waals surface area contributed by atoms with E-state index < -0.39 is 5.97 Å². The van der Waals surface area contributed by atoms with Crippen LogP contribution in [0.4, 0.5) is 0 Å². The van der Waals surface area contributed by atoms with Gasteiger partial charge < -0.3 is 4.74 Å². The number of hydrogen-bond acceptors (Lipinski definition) is 3. The van der Waals surface area contributed by atoms with Gasteiger partial charge in [0.2, 0.25) is 0 Å². The SMILES string of the molecule is CCOC(=O)CC(=O)c1ccc2c(c1)CC=C2. The van der Waals surface area contributed by atoms with Crippen LogP contribution >= 0.6 is 0 Å². The fourth-order valence-corrected chi connectivity index (χ4v) is 1.88. The highest BCUT2D eigenvalue weighted by Crippen LogP contribution is 2.21. The van der Waals surface area contributed by atoms with Crippen molar-refractivity contribution >= 4 is 17.8 Å². The van der Waals surface area contributed by atoms with Crippen molar-refractivity contribution in [3.8, 4) is 0 Å². The first-order valence-electron chi connectivity index (χ1n) is 5.69. The smallest absolute Gasteiger partial charge is 0.313 e. The number of esters is 1. The molecule has 1 aliphatic rings. The number of carbonyl (C=O) groups is 2. The van der Waals surface area contributed by atoms with Gasteiger partial charge in [0, 0.05) is 5.56 Å².